The van der Waals surface area contributed by atoms with Gasteiger partial charge in [-0.1, -0.05) is 18.6 Å². The van der Waals surface area contributed by atoms with Crippen molar-refractivity contribution in [3.63, 3.8) is 0 Å². The Kier molecular flexibility index (Phi) is 8.03. The van der Waals surface area contributed by atoms with Crippen molar-refractivity contribution >= 4 is 11.8 Å². The van der Waals surface area contributed by atoms with E-state index >= 15 is 0 Å². The predicted octanol–water partition coefficient (Wildman–Crippen LogP) is 4.80. The second-order valence-corrected chi connectivity index (χ2v) is 11.3. The molecule has 1 aromatic heterocycles. The number of pyridine rings is 1. The van der Waals surface area contributed by atoms with Crippen molar-refractivity contribution in [3.8, 4) is 16.9 Å². The number of nitrogens with two attached hydrogens (primary N) is 1. The van der Waals surface area contributed by atoms with E-state index < -0.39 is 29.4 Å². The minimum absolute atomic E-state index is 0.0658. The maximum Gasteiger partial charge on any atom is 0.395 e. The van der Waals surface area contributed by atoms with Gasteiger partial charge >= 0.3 is 6.18 Å². The summed E-state index contributed by atoms with van der Waals surface area (Å²) in [6.07, 6.45) is 1.04. The topological polar surface area (TPSA) is 88.8 Å². The highest BCUT2D eigenvalue weighted by atomic mass is 19.4. The van der Waals surface area contributed by atoms with Crippen LogP contribution in [0.2, 0.25) is 0 Å². The number of carbonyl (C=O) groups is 2. The number of aromatic nitrogens is 1. The molecule has 0 radical (unpaired) electrons. The predicted molar refractivity (Wildman–Crippen MR) is 140 cm³/mol. The maximum absolute atomic E-state index is 14.9. The Morgan fingerprint density at radius 3 is 2.33 bits per heavy atom. The Balaban J connectivity index is 1.13. The molecule has 3 heterocycles. The zero-order chi connectivity index (χ0) is 28.5. The van der Waals surface area contributed by atoms with Crippen LogP contribution in [0.1, 0.15) is 55.4 Å². The summed E-state index contributed by atoms with van der Waals surface area (Å²) in [4.78, 5) is 32.0. The summed E-state index contributed by atoms with van der Waals surface area (Å²) in [6.45, 7) is 1.98. The summed E-state index contributed by atoms with van der Waals surface area (Å²) in [5, 5.41) is 0. The smallest absolute Gasteiger partial charge is 0.395 e. The van der Waals surface area contributed by atoms with Gasteiger partial charge in [0.05, 0.1) is 12.0 Å². The first-order chi connectivity index (χ1) is 19.1. The van der Waals surface area contributed by atoms with Crippen LogP contribution < -0.4 is 10.5 Å². The average molecular weight is 563 g/mol. The molecule has 3 fully saturated rings. The van der Waals surface area contributed by atoms with E-state index in [0.717, 1.165) is 0 Å². The lowest BCUT2D eigenvalue weighted by Crippen LogP contribution is -2.53. The van der Waals surface area contributed by atoms with Gasteiger partial charge in [-0.05, 0) is 81.3 Å². The highest BCUT2D eigenvalue weighted by Crippen LogP contribution is 2.53. The number of primary amides is 1. The van der Waals surface area contributed by atoms with E-state index in [4.69, 9.17) is 10.5 Å². The molecule has 2 aliphatic heterocycles. The number of piperidine rings is 1. The van der Waals surface area contributed by atoms with Crippen LogP contribution >= 0.6 is 0 Å². The Bertz CT molecular complexity index is 1220. The fraction of sp³-hybridized carbons (Fsp3) is 0.552. The molecule has 2 aromatic rings. The highest BCUT2D eigenvalue weighted by Gasteiger charge is 2.58. The lowest BCUT2D eigenvalue weighted by atomic mass is 9.67. The van der Waals surface area contributed by atoms with Crippen LogP contribution in [0, 0.1) is 17.2 Å². The average Bonchev–Trinajstić information content (AvgIpc) is 3.40. The molecular formula is C29H34F4N4O3. The van der Waals surface area contributed by atoms with Crippen molar-refractivity contribution < 1.29 is 31.9 Å². The third-order valence-electron chi connectivity index (χ3n) is 8.71. The number of hydrogen-bond donors (Lipinski definition) is 1. The van der Waals surface area contributed by atoms with Gasteiger partial charge in [0, 0.05) is 24.8 Å². The third kappa shape index (κ3) is 5.80. The summed E-state index contributed by atoms with van der Waals surface area (Å²) >= 11 is 0. The van der Waals surface area contributed by atoms with Crippen molar-refractivity contribution in [2.75, 3.05) is 32.8 Å². The van der Waals surface area contributed by atoms with Crippen molar-refractivity contribution in [3.05, 3.63) is 48.0 Å². The van der Waals surface area contributed by atoms with Crippen molar-refractivity contribution in [2.24, 2.45) is 17.1 Å². The third-order valence-corrected chi connectivity index (χ3v) is 8.71. The van der Waals surface area contributed by atoms with E-state index in [2.05, 4.69) is 4.98 Å². The second kappa shape index (κ2) is 11.3. The van der Waals surface area contributed by atoms with Crippen LogP contribution in [0.5, 0.6) is 5.75 Å². The Morgan fingerprint density at radius 1 is 1.02 bits per heavy atom. The number of nitrogens with zero attached hydrogens (tertiary/aromatic N) is 3. The maximum atomic E-state index is 14.9. The van der Waals surface area contributed by atoms with Gasteiger partial charge in [-0.3, -0.25) is 14.6 Å². The Hall–Kier alpha value is -3.21. The lowest BCUT2D eigenvalue weighted by molar-refractivity contribution is -0.256. The molecule has 1 saturated carbocycles. The summed E-state index contributed by atoms with van der Waals surface area (Å²) in [7, 11) is 0. The van der Waals surface area contributed by atoms with Crippen LogP contribution in [0.3, 0.4) is 0 Å². The Labute approximate surface area is 230 Å². The fourth-order valence-electron chi connectivity index (χ4n) is 6.02. The standard InChI is InChI=1S/C29H34F4N4O3/c30-22-15-20(21-4-6-23(35-16-21)27(39)37-12-1-3-24(37)26(34)38)5-7-25(22)40-17-19-8-13-36(14-9-19)18-28(10-2-11-28)29(31,32)33/h4-7,15-16,19,24H,1-3,8-14,17-18H2,(H2,34,38)/t24-/m0/s1. The number of ether oxygens (including phenoxy) is 1. The monoisotopic (exact) mass is 562 g/mol. The highest BCUT2D eigenvalue weighted by molar-refractivity contribution is 5.96. The molecule has 3 aliphatic rings. The van der Waals surface area contributed by atoms with E-state index in [-0.39, 0.29) is 42.7 Å². The van der Waals surface area contributed by atoms with Crippen LogP contribution in [0.4, 0.5) is 17.6 Å². The van der Waals surface area contributed by atoms with Gasteiger partial charge < -0.3 is 20.3 Å². The van der Waals surface area contributed by atoms with Gasteiger partial charge in [0.2, 0.25) is 5.91 Å². The second-order valence-electron chi connectivity index (χ2n) is 11.3. The molecule has 2 amide bonds. The van der Waals surface area contributed by atoms with Gasteiger partial charge in [0.15, 0.2) is 11.6 Å². The van der Waals surface area contributed by atoms with Crippen LogP contribution in [0.25, 0.3) is 11.1 Å². The molecule has 11 heteroatoms. The van der Waals surface area contributed by atoms with E-state index in [1.165, 1.54) is 17.2 Å². The number of likely N-dealkylation sites (tertiary alicyclic amines) is 2. The van der Waals surface area contributed by atoms with Gasteiger partial charge in [-0.15, -0.1) is 0 Å². The molecule has 216 valence electrons. The van der Waals surface area contributed by atoms with Crippen molar-refractivity contribution in [1.29, 1.82) is 0 Å². The number of hydrogen-bond acceptors (Lipinski definition) is 5. The molecule has 40 heavy (non-hydrogen) atoms. The van der Waals surface area contributed by atoms with Crippen LogP contribution in [-0.2, 0) is 4.79 Å². The molecule has 2 N–H and O–H groups in total. The number of amides is 2. The Morgan fingerprint density at radius 2 is 1.75 bits per heavy atom. The normalized spacial score (nSPS) is 21.7. The molecule has 1 atom stereocenters. The molecule has 2 saturated heterocycles. The number of halogens is 4. The minimum atomic E-state index is -4.16. The molecule has 0 unspecified atom stereocenters. The molecule has 7 nitrogen and oxygen atoms in total. The molecule has 1 aliphatic carbocycles. The molecule has 0 bridgehead atoms. The minimum Gasteiger partial charge on any atom is -0.490 e. The van der Waals surface area contributed by atoms with Crippen molar-refractivity contribution in [2.45, 2.75) is 57.2 Å². The van der Waals surface area contributed by atoms with Crippen LogP contribution in [-0.4, -0.2) is 71.6 Å². The van der Waals surface area contributed by atoms with Gasteiger partial charge in [-0.2, -0.15) is 13.2 Å². The number of rotatable bonds is 8. The first-order valence-corrected chi connectivity index (χ1v) is 13.8. The largest absolute Gasteiger partial charge is 0.490 e. The zero-order valence-electron chi connectivity index (χ0n) is 22.3. The molecular weight excluding hydrogens is 528 g/mol. The van der Waals surface area contributed by atoms with Crippen molar-refractivity contribution in [1.82, 2.24) is 14.8 Å². The number of alkyl halides is 3. The van der Waals surface area contributed by atoms with E-state index in [0.29, 0.717) is 69.5 Å². The summed E-state index contributed by atoms with van der Waals surface area (Å²) in [6, 6.07) is 7.18. The lowest BCUT2D eigenvalue weighted by Gasteiger charge is -2.47. The fourth-order valence-corrected chi connectivity index (χ4v) is 6.02. The first kappa shape index (κ1) is 28.3. The number of carbonyl (C=O) groups excluding carboxylic acids is 2. The summed E-state index contributed by atoms with van der Waals surface area (Å²) in [5.74, 6) is -1.17. The number of benzene rings is 1. The summed E-state index contributed by atoms with van der Waals surface area (Å²) in [5.41, 5.74) is 5.22. The zero-order valence-corrected chi connectivity index (χ0v) is 22.3. The molecule has 0 spiro atoms. The van der Waals surface area contributed by atoms with Crippen LogP contribution in [0.15, 0.2) is 36.5 Å². The van der Waals surface area contributed by atoms with E-state index in [9.17, 15) is 27.2 Å². The van der Waals surface area contributed by atoms with Gasteiger partial charge in [0.1, 0.15) is 11.7 Å². The summed E-state index contributed by atoms with van der Waals surface area (Å²) < 4.78 is 61.1. The molecule has 5 rings (SSSR count). The van der Waals surface area contributed by atoms with E-state index in [1.54, 1.807) is 24.3 Å². The molecule has 1 aromatic carbocycles. The van der Waals surface area contributed by atoms with E-state index in [1.807, 2.05) is 4.90 Å². The SMILES string of the molecule is NC(=O)[C@@H]1CCCN1C(=O)c1ccc(-c2ccc(OCC3CCN(CC4(C(F)(F)F)CCC4)CC3)c(F)c2)cn1. The quantitative estimate of drug-likeness (QED) is 0.467. The van der Waals surface area contributed by atoms with Gasteiger partial charge in [0.25, 0.3) is 5.91 Å². The van der Waals surface area contributed by atoms with Gasteiger partial charge in [-0.25, -0.2) is 4.39 Å². The first-order valence-electron chi connectivity index (χ1n) is 13.8.